The van der Waals surface area contributed by atoms with E-state index in [9.17, 15) is 49.5 Å². The largest absolute Gasteiger partial charge is 3.00 e. The third-order valence-corrected chi connectivity index (χ3v) is 6.53. The summed E-state index contributed by atoms with van der Waals surface area (Å²) in [6, 6.07) is 7.82. The van der Waals surface area contributed by atoms with Gasteiger partial charge in [-0.15, -0.1) is 0 Å². The Balaban J connectivity index is 0. The summed E-state index contributed by atoms with van der Waals surface area (Å²) in [5.41, 5.74) is -2.00. The molecule has 4 radical (unpaired) electrons. The van der Waals surface area contributed by atoms with Gasteiger partial charge in [0, 0.05) is 27.8 Å². The Kier molecular flexibility index (Phi) is 22.1. The van der Waals surface area contributed by atoms with Gasteiger partial charge in [0.15, 0.2) is 86.2 Å². The van der Waals surface area contributed by atoms with E-state index in [0.717, 1.165) is 60.7 Å². The van der Waals surface area contributed by atoms with Crippen LogP contribution in [0.25, 0.3) is 0 Å². The minimum absolute atomic E-state index is 0. The van der Waals surface area contributed by atoms with E-state index in [1.165, 1.54) is 0 Å². The maximum absolute atomic E-state index is 10.2. The van der Waals surface area contributed by atoms with Crippen molar-refractivity contribution in [3.63, 3.8) is 0 Å². The van der Waals surface area contributed by atoms with Crippen molar-refractivity contribution in [2.45, 2.75) is 0 Å². The standard InChI is InChI=1S/5C7H6O5.Bi.Pb/c5*8-4-1-3(7(11)12)2-5(9)6(4)10;;/h5*1-2,8-10H,(H,11,12);;/q;;;;;+3;+2/p-5. The minimum Gasteiger partial charge on any atom is -0.545 e. The van der Waals surface area contributed by atoms with E-state index >= 15 is 0 Å². The Labute approximate surface area is 382 Å². The number of carbonyl (C=O) groups excluding carboxylic acids is 5. The van der Waals surface area contributed by atoms with Gasteiger partial charge in [-0.05, 0) is 60.7 Å². The molecule has 0 spiro atoms. The molecule has 0 aliphatic carbocycles. The van der Waals surface area contributed by atoms with E-state index in [0.29, 0.717) is 0 Å². The molecule has 0 fully saturated rings. The molecule has 5 aromatic rings. The number of hydrogen-bond donors (Lipinski definition) is 15. The van der Waals surface area contributed by atoms with Gasteiger partial charge in [0.05, 0.1) is 29.8 Å². The van der Waals surface area contributed by atoms with E-state index in [4.69, 9.17) is 76.6 Å². The molecule has 5 rings (SSSR count). The van der Waals surface area contributed by atoms with Gasteiger partial charge in [-0.3, -0.25) is 0 Å². The van der Waals surface area contributed by atoms with E-state index < -0.39 is 144 Å². The normalized spacial score (nSPS) is 9.35. The van der Waals surface area contributed by atoms with Crippen LogP contribution in [0.4, 0.5) is 0 Å². The van der Waals surface area contributed by atoms with Crippen LogP contribution in [0.2, 0.25) is 0 Å². The summed E-state index contributed by atoms with van der Waals surface area (Å²) in [7, 11) is 0. The van der Waals surface area contributed by atoms with Gasteiger partial charge in [0.25, 0.3) is 0 Å². The Bertz CT molecular complexity index is 1940. The molecule has 27 heteroatoms. The number of phenolic OH excluding ortho intramolecular Hbond substituents is 15. The first-order valence-electron chi connectivity index (χ1n) is 14.9. The fourth-order valence-electron chi connectivity index (χ4n) is 3.61. The molecular weight excluding hydrogens is 1240 g/mol. The van der Waals surface area contributed by atoms with Crippen molar-refractivity contribution in [2.75, 3.05) is 0 Å². The minimum atomic E-state index is -1.54. The van der Waals surface area contributed by atoms with Crippen LogP contribution < -0.4 is 25.5 Å². The summed E-state index contributed by atoms with van der Waals surface area (Å²) in [6.07, 6.45) is 0. The molecule has 324 valence electrons. The quantitative estimate of drug-likeness (QED) is 0.0579. The Morgan fingerprint density at radius 2 is 0.339 bits per heavy atom. The molecule has 5 aromatic carbocycles. The zero-order valence-electron chi connectivity index (χ0n) is 30.0. The Hall–Kier alpha value is -7.74. The second-order valence-corrected chi connectivity index (χ2v) is 10.8. The third kappa shape index (κ3) is 16.1. The van der Waals surface area contributed by atoms with Gasteiger partial charge in [0.1, 0.15) is 0 Å². The molecule has 0 saturated heterocycles. The molecule has 0 bridgehead atoms. The van der Waals surface area contributed by atoms with Gasteiger partial charge in [0.2, 0.25) is 0 Å². The van der Waals surface area contributed by atoms with Crippen LogP contribution in [0.1, 0.15) is 51.8 Å². The summed E-state index contributed by atoms with van der Waals surface area (Å²) in [4.78, 5) is 51.0. The molecule has 0 aromatic heterocycles. The summed E-state index contributed by atoms with van der Waals surface area (Å²) in [6.45, 7) is 0. The molecule has 25 nitrogen and oxygen atoms in total. The van der Waals surface area contributed by atoms with Gasteiger partial charge < -0.3 is 126 Å². The number of carboxylic acids is 5. The number of aromatic hydroxyl groups is 15. The van der Waals surface area contributed by atoms with Crippen molar-refractivity contribution in [1.29, 1.82) is 0 Å². The van der Waals surface area contributed by atoms with Crippen molar-refractivity contribution in [3.8, 4) is 86.2 Å². The zero-order chi connectivity index (χ0) is 46.5. The molecule has 0 unspecified atom stereocenters. The van der Waals surface area contributed by atoms with Gasteiger partial charge >= 0.3 is 53.5 Å². The summed E-state index contributed by atoms with van der Waals surface area (Å²) < 4.78 is 0. The van der Waals surface area contributed by atoms with Crippen LogP contribution in [0, 0.1) is 0 Å². The molecule has 0 aliphatic heterocycles. The number of carboxylic acid groups (broad SMARTS) is 5. The molecule has 15 N–H and O–H groups in total. The molecule has 0 aliphatic rings. The predicted molar refractivity (Wildman–Crippen MR) is 190 cm³/mol. The van der Waals surface area contributed by atoms with Crippen molar-refractivity contribution in [2.24, 2.45) is 0 Å². The first-order valence-corrected chi connectivity index (χ1v) is 14.9. The molecule has 0 amide bonds. The molecule has 0 saturated carbocycles. The number of hydrogen-bond acceptors (Lipinski definition) is 25. The maximum Gasteiger partial charge on any atom is 3.00 e. The van der Waals surface area contributed by atoms with Gasteiger partial charge in [-0.2, -0.15) is 0 Å². The number of phenols is 15. The van der Waals surface area contributed by atoms with Crippen LogP contribution >= 0.6 is 0 Å². The van der Waals surface area contributed by atoms with Crippen LogP contribution in [0.5, 0.6) is 86.2 Å². The topological polar surface area (TPSA) is 504 Å². The SMILES string of the molecule is O=C([O-])c1cc(O)c(O)c(O)c1.O=C([O-])c1cc(O)c(O)c(O)c1.O=C([O-])c1cc(O)c(O)c(O)c1.O=C([O-])c1cc(O)c(O)c(O)c1.O=C([O-])c1cc(O)c(O)c(O)c1.[Bi+3].[Pb+2]. The Morgan fingerprint density at radius 3 is 0.403 bits per heavy atom. The Morgan fingerprint density at radius 1 is 0.258 bits per heavy atom. The number of carbonyl (C=O) groups is 5. The average Bonchev–Trinajstić information content (AvgIpc) is 3.15. The van der Waals surface area contributed by atoms with E-state index in [1.807, 2.05) is 0 Å². The van der Waals surface area contributed by atoms with Crippen molar-refractivity contribution in [1.82, 2.24) is 0 Å². The first kappa shape index (κ1) is 56.4. The molecule has 62 heavy (non-hydrogen) atoms. The average molecular weight is 1260 g/mol. The van der Waals surface area contributed by atoms with Crippen LogP contribution in [-0.2, 0) is 0 Å². The van der Waals surface area contributed by atoms with Crippen molar-refractivity contribution in [3.05, 3.63) is 88.5 Å². The fourth-order valence-corrected chi connectivity index (χ4v) is 3.61. The smallest absolute Gasteiger partial charge is 0.545 e. The van der Waals surface area contributed by atoms with Crippen LogP contribution in [0.3, 0.4) is 0 Å². The van der Waals surface area contributed by atoms with Crippen molar-refractivity contribution < 1.29 is 126 Å². The van der Waals surface area contributed by atoms with E-state index in [-0.39, 0.29) is 53.5 Å². The second kappa shape index (κ2) is 24.4. The van der Waals surface area contributed by atoms with E-state index in [1.54, 1.807) is 0 Å². The molecule has 0 atom stereocenters. The number of aromatic carboxylic acids is 5. The molecule has 0 heterocycles. The second-order valence-electron chi connectivity index (χ2n) is 10.8. The third-order valence-electron chi connectivity index (χ3n) is 6.53. The van der Waals surface area contributed by atoms with Gasteiger partial charge in [-0.1, -0.05) is 0 Å². The first-order chi connectivity index (χ1) is 27.6. The fraction of sp³-hybridized carbons (Fsp3) is 0. The van der Waals surface area contributed by atoms with Crippen molar-refractivity contribution >= 4 is 83.3 Å². The van der Waals surface area contributed by atoms with Gasteiger partial charge in [-0.25, -0.2) is 0 Å². The van der Waals surface area contributed by atoms with Crippen LogP contribution in [0.15, 0.2) is 60.7 Å². The maximum atomic E-state index is 10.2. The number of rotatable bonds is 5. The van der Waals surface area contributed by atoms with E-state index in [2.05, 4.69) is 0 Å². The summed E-state index contributed by atoms with van der Waals surface area (Å²) >= 11 is 0. The zero-order valence-corrected chi connectivity index (χ0v) is 37.4. The summed E-state index contributed by atoms with van der Waals surface area (Å²) in [5.74, 6) is -18.5. The molecular formula is C35H25BiO25Pb. The van der Waals surface area contributed by atoms with Crippen LogP contribution in [-0.4, -0.2) is 160 Å². The number of benzene rings is 5. The monoisotopic (exact) mass is 1260 g/mol. The summed E-state index contributed by atoms with van der Waals surface area (Å²) in [5, 5.41) is 183. The predicted octanol–water partition coefficient (Wildman–Crippen LogP) is -4.93.